The number of thioether (sulfide) groups is 1. The Morgan fingerprint density at radius 3 is 2.44 bits per heavy atom. The second-order valence-corrected chi connectivity index (χ2v) is 14.8. The summed E-state index contributed by atoms with van der Waals surface area (Å²) in [6.45, 7) is 3.23. The van der Waals surface area contributed by atoms with E-state index in [1.807, 2.05) is 48.7 Å². The molecule has 10 heteroatoms. The number of nitrogens with zero attached hydrogens (tertiary/aromatic N) is 4. The number of aromatic nitrogens is 2. The Hall–Kier alpha value is -2.79. The predicted octanol–water partition coefficient (Wildman–Crippen LogP) is 6.49. The Morgan fingerprint density at radius 2 is 1.71 bits per heavy atom. The van der Waals surface area contributed by atoms with Crippen molar-refractivity contribution < 1.29 is 13.2 Å². The third-order valence-corrected chi connectivity index (χ3v) is 11.5. The van der Waals surface area contributed by atoms with Crippen LogP contribution in [0.3, 0.4) is 0 Å². The van der Waals surface area contributed by atoms with Crippen molar-refractivity contribution in [3.8, 4) is 16.9 Å². The maximum absolute atomic E-state index is 13.6. The van der Waals surface area contributed by atoms with Crippen LogP contribution in [0.4, 0.5) is 0 Å². The zero-order valence-corrected chi connectivity index (χ0v) is 25.6. The summed E-state index contributed by atoms with van der Waals surface area (Å²) in [6.07, 6.45) is 10.9. The maximum atomic E-state index is 13.6. The summed E-state index contributed by atoms with van der Waals surface area (Å²) in [4.78, 5) is 16.2. The molecule has 3 aromatic rings. The molecule has 0 atom stereocenters. The van der Waals surface area contributed by atoms with Gasteiger partial charge in [0.1, 0.15) is 10.0 Å². The minimum absolute atomic E-state index is 0.0547. The number of rotatable bonds is 6. The van der Waals surface area contributed by atoms with Gasteiger partial charge in [-0.2, -0.15) is 9.40 Å². The molecule has 2 aliphatic heterocycles. The summed E-state index contributed by atoms with van der Waals surface area (Å²) >= 11 is 7.00. The van der Waals surface area contributed by atoms with E-state index in [0.29, 0.717) is 39.5 Å². The molecule has 0 unspecified atom stereocenters. The molecule has 3 aliphatic rings. The summed E-state index contributed by atoms with van der Waals surface area (Å²) in [6, 6.07) is 16.9. The fraction of sp³-hybridized carbons (Fsp3) is 0.387. The maximum Gasteiger partial charge on any atom is 0.266 e. The summed E-state index contributed by atoms with van der Waals surface area (Å²) in [5.41, 5.74) is 2.90. The quantitative estimate of drug-likeness (QED) is 0.236. The van der Waals surface area contributed by atoms with Gasteiger partial charge in [-0.1, -0.05) is 80.5 Å². The largest absolute Gasteiger partial charge is 0.290 e. The Balaban J connectivity index is 1.38. The summed E-state index contributed by atoms with van der Waals surface area (Å²) in [5.74, 6) is 0.476. The van der Waals surface area contributed by atoms with Crippen molar-refractivity contribution in [2.45, 2.75) is 62.8 Å². The average Bonchev–Trinajstić information content (AvgIpc) is 3.54. The third kappa shape index (κ3) is 5.80. The lowest BCUT2D eigenvalue weighted by atomic mass is 9.94. The minimum Gasteiger partial charge on any atom is -0.290 e. The van der Waals surface area contributed by atoms with Crippen LogP contribution in [0.1, 0.15) is 57.4 Å². The number of carbonyl (C=O) groups is 1. The van der Waals surface area contributed by atoms with Gasteiger partial charge in [-0.05, 0) is 61.9 Å². The van der Waals surface area contributed by atoms with E-state index < -0.39 is 10.0 Å². The summed E-state index contributed by atoms with van der Waals surface area (Å²) < 4.78 is 31.1. The smallest absolute Gasteiger partial charge is 0.266 e. The molecule has 2 aromatic carbocycles. The van der Waals surface area contributed by atoms with Crippen molar-refractivity contribution in [1.82, 2.24) is 19.0 Å². The zero-order chi connectivity index (χ0) is 28.6. The Bertz CT molecular complexity index is 1590. The van der Waals surface area contributed by atoms with Gasteiger partial charge in [0.25, 0.3) is 5.91 Å². The van der Waals surface area contributed by atoms with E-state index in [-0.39, 0.29) is 16.8 Å². The van der Waals surface area contributed by atoms with Gasteiger partial charge in [0.2, 0.25) is 10.0 Å². The van der Waals surface area contributed by atoms with Crippen molar-refractivity contribution >= 4 is 50.3 Å². The third-order valence-electron chi connectivity index (χ3n) is 8.30. The highest BCUT2D eigenvalue weighted by Gasteiger charge is 2.38. The first kappa shape index (κ1) is 28.3. The molecule has 0 spiro atoms. The molecule has 1 aliphatic carbocycles. The predicted molar refractivity (Wildman–Crippen MR) is 168 cm³/mol. The van der Waals surface area contributed by atoms with Crippen LogP contribution in [0.25, 0.3) is 23.0 Å². The second-order valence-electron chi connectivity index (χ2n) is 11.2. The van der Waals surface area contributed by atoms with Crippen LogP contribution in [-0.2, 0) is 14.8 Å². The highest BCUT2D eigenvalue weighted by Crippen LogP contribution is 2.39. The Kier molecular flexibility index (Phi) is 8.18. The van der Waals surface area contributed by atoms with E-state index >= 15 is 0 Å². The molecule has 0 N–H and O–H groups in total. The first-order chi connectivity index (χ1) is 19.8. The number of hydrogen-bond donors (Lipinski definition) is 0. The van der Waals surface area contributed by atoms with Crippen LogP contribution in [0.2, 0.25) is 0 Å². The molecule has 1 amide bonds. The van der Waals surface area contributed by atoms with E-state index in [9.17, 15) is 13.2 Å². The van der Waals surface area contributed by atoms with Gasteiger partial charge >= 0.3 is 0 Å². The SMILES string of the molecule is CC1CCN(S(=O)(=O)c2cccc(-c3nn(-c4ccccc4)cc3C=C3SC(=S)N(C4CCCCC4)C3=O)c2)CC1. The first-order valence-corrected chi connectivity index (χ1v) is 17.0. The Labute approximate surface area is 251 Å². The normalized spacial score (nSPS) is 20.8. The Morgan fingerprint density at radius 1 is 0.976 bits per heavy atom. The van der Waals surface area contributed by atoms with Crippen molar-refractivity contribution in [2.75, 3.05) is 13.1 Å². The molecule has 0 radical (unpaired) electrons. The molecule has 0 bridgehead atoms. The highest BCUT2D eigenvalue weighted by atomic mass is 32.2. The van der Waals surface area contributed by atoms with Gasteiger partial charge in [0, 0.05) is 36.5 Å². The van der Waals surface area contributed by atoms with E-state index in [1.54, 1.807) is 32.1 Å². The van der Waals surface area contributed by atoms with Crippen molar-refractivity contribution in [1.29, 1.82) is 0 Å². The monoisotopic (exact) mass is 606 g/mol. The number of sulfonamides is 1. The van der Waals surface area contributed by atoms with Crippen LogP contribution >= 0.6 is 24.0 Å². The number of para-hydroxylation sites is 1. The van der Waals surface area contributed by atoms with Gasteiger partial charge in [0.05, 0.1) is 15.5 Å². The molecular formula is C31H34N4O3S3. The first-order valence-electron chi connectivity index (χ1n) is 14.3. The van der Waals surface area contributed by atoms with E-state index in [0.717, 1.165) is 49.8 Å². The van der Waals surface area contributed by atoms with Gasteiger partial charge in [-0.15, -0.1) is 0 Å². The summed E-state index contributed by atoms with van der Waals surface area (Å²) in [7, 11) is -3.63. The van der Waals surface area contributed by atoms with Crippen molar-refractivity contribution in [3.05, 3.63) is 71.3 Å². The highest BCUT2D eigenvalue weighted by molar-refractivity contribution is 8.26. The number of amides is 1. The van der Waals surface area contributed by atoms with Crippen LogP contribution in [0.15, 0.2) is 70.6 Å². The molecule has 6 rings (SSSR count). The van der Waals surface area contributed by atoms with Crippen LogP contribution in [0, 0.1) is 5.92 Å². The number of thiocarbonyl (C=S) groups is 1. The average molecular weight is 607 g/mol. The van der Waals surface area contributed by atoms with E-state index in [4.69, 9.17) is 17.3 Å². The lowest BCUT2D eigenvalue weighted by Crippen LogP contribution is -2.39. The molecule has 41 heavy (non-hydrogen) atoms. The fourth-order valence-corrected chi connectivity index (χ4v) is 8.79. The number of carbonyl (C=O) groups excluding carboxylic acids is 1. The molecule has 2 saturated heterocycles. The molecule has 3 fully saturated rings. The lowest BCUT2D eigenvalue weighted by Gasteiger charge is -2.29. The minimum atomic E-state index is -3.63. The molecule has 3 heterocycles. The molecule has 7 nitrogen and oxygen atoms in total. The summed E-state index contributed by atoms with van der Waals surface area (Å²) in [5, 5.41) is 4.89. The van der Waals surface area contributed by atoms with Crippen LogP contribution < -0.4 is 0 Å². The molecule has 1 aromatic heterocycles. The number of benzene rings is 2. The number of hydrogen-bond acceptors (Lipinski definition) is 6. The zero-order valence-electron chi connectivity index (χ0n) is 23.1. The second kappa shape index (κ2) is 11.8. The topological polar surface area (TPSA) is 75.5 Å². The van der Waals surface area contributed by atoms with E-state index in [2.05, 4.69) is 6.92 Å². The van der Waals surface area contributed by atoms with Gasteiger partial charge in [-0.25, -0.2) is 13.1 Å². The molecule has 1 saturated carbocycles. The lowest BCUT2D eigenvalue weighted by molar-refractivity contribution is -0.124. The van der Waals surface area contributed by atoms with E-state index in [1.165, 1.54) is 18.2 Å². The standard InChI is InChI=1S/C31H34N4O3S3/c1-22-15-17-33(18-16-22)41(37,38)27-14-8-9-23(19-27)29-24(21-34(32-29)25-10-4-2-5-11-25)20-28-30(36)35(31(39)40-28)26-12-6-3-7-13-26/h2,4-5,8-11,14,19-22,26H,3,6-7,12-13,15-18H2,1H3. The fourth-order valence-electron chi connectivity index (χ4n) is 5.88. The van der Waals surface area contributed by atoms with Crippen molar-refractivity contribution in [3.63, 3.8) is 0 Å². The van der Waals surface area contributed by atoms with Crippen molar-refractivity contribution in [2.24, 2.45) is 5.92 Å². The molecule has 214 valence electrons. The van der Waals surface area contributed by atoms with Gasteiger partial charge in [0.15, 0.2) is 0 Å². The van der Waals surface area contributed by atoms with Crippen LogP contribution in [0.5, 0.6) is 0 Å². The van der Waals surface area contributed by atoms with Gasteiger partial charge < -0.3 is 0 Å². The van der Waals surface area contributed by atoms with Gasteiger partial charge in [-0.3, -0.25) is 9.69 Å². The van der Waals surface area contributed by atoms with Crippen LogP contribution in [-0.4, -0.2) is 56.8 Å². The number of piperidine rings is 1. The molecular weight excluding hydrogens is 573 g/mol.